The van der Waals surface area contributed by atoms with E-state index < -0.39 is 6.43 Å². The summed E-state index contributed by atoms with van der Waals surface area (Å²) in [6.45, 7) is 3.93. The highest BCUT2D eigenvalue weighted by molar-refractivity contribution is 4.98. The van der Waals surface area contributed by atoms with E-state index in [1.807, 2.05) is 13.8 Å². The maximum absolute atomic E-state index is 12.1. The normalized spacial score (nSPS) is 13.4. The summed E-state index contributed by atoms with van der Waals surface area (Å²) in [6, 6.07) is 1.70. The topological polar surface area (TPSA) is 27.1 Å². The summed E-state index contributed by atoms with van der Waals surface area (Å²) in [4.78, 5) is 0. The fraction of sp³-hybridized carbons (Fsp3) is 0.700. The molecule has 0 fully saturated rings. The Kier molecular flexibility index (Phi) is 4.68. The van der Waals surface area contributed by atoms with Crippen molar-refractivity contribution in [1.29, 1.82) is 0 Å². The SMILES string of the molecule is CC[C@H](C)OCc1ccnn1CC(F)F. The lowest BCUT2D eigenvalue weighted by Gasteiger charge is -2.11. The van der Waals surface area contributed by atoms with E-state index >= 15 is 0 Å². The van der Waals surface area contributed by atoms with E-state index in [9.17, 15) is 8.78 Å². The molecule has 0 aliphatic heterocycles. The molecule has 3 nitrogen and oxygen atoms in total. The molecule has 5 heteroatoms. The first kappa shape index (κ1) is 12.1. The minimum Gasteiger partial charge on any atom is -0.372 e. The van der Waals surface area contributed by atoms with E-state index in [0.29, 0.717) is 12.3 Å². The number of hydrogen-bond donors (Lipinski definition) is 0. The third kappa shape index (κ3) is 3.95. The molecule has 1 rings (SSSR count). The quantitative estimate of drug-likeness (QED) is 0.733. The van der Waals surface area contributed by atoms with E-state index in [4.69, 9.17) is 4.74 Å². The summed E-state index contributed by atoms with van der Waals surface area (Å²) in [5, 5.41) is 3.82. The fourth-order valence-corrected chi connectivity index (χ4v) is 1.12. The van der Waals surface area contributed by atoms with Gasteiger partial charge in [-0.2, -0.15) is 5.10 Å². The van der Waals surface area contributed by atoms with Crippen molar-refractivity contribution in [1.82, 2.24) is 9.78 Å². The predicted octanol–water partition coefficient (Wildman–Crippen LogP) is 2.46. The molecule has 1 aromatic rings. The maximum atomic E-state index is 12.1. The molecule has 0 bridgehead atoms. The van der Waals surface area contributed by atoms with Crippen molar-refractivity contribution in [2.45, 2.75) is 45.9 Å². The van der Waals surface area contributed by atoms with Crippen molar-refractivity contribution in [3.05, 3.63) is 18.0 Å². The van der Waals surface area contributed by atoms with Crippen LogP contribution in [0.2, 0.25) is 0 Å². The predicted molar refractivity (Wildman–Crippen MR) is 52.8 cm³/mol. The Bertz CT molecular complexity index is 289. The first-order valence-electron chi connectivity index (χ1n) is 5.04. The molecule has 0 saturated carbocycles. The van der Waals surface area contributed by atoms with Crippen LogP contribution in [0.1, 0.15) is 26.0 Å². The van der Waals surface area contributed by atoms with Crippen molar-refractivity contribution in [2.75, 3.05) is 0 Å². The lowest BCUT2D eigenvalue weighted by atomic mass is 10.3. The van der Waals surface area contributed by atoms with E-state index in [2.05, 4.69) is 5.10 Å². The second-order valence-corrected chi connectivity index (χ2v) is 3.43. The standard InChI is InChI=1S/C10H16F2N2O/c1-3-8(2)15-7-9-4-5-13-14(9)6-10(11)12/h4-5,8,10H,3,6-7H2,1-2H3/t8-/m0/s1. The van der Waals surface area contributed by atoms with Gasteiger partial charge < -0.3 is 4.74 Å². The van der Waals surface area contributed by atoms with Crippen molar-refractivity contribution in [3.8, 4) is 0 Å². The van der Waals surface area contributed by atoms with E-state index in [1.54, 1.807) is 6.07 Å². The average molecular weight is 218 g/mol. The Morgan fingerprint density at radius 2 is 2.27 bits per heavy atom. The molecule has 0 unspecified atom stereocenters. The third-order valence-corrected chi connectivity index (χ3v) is 2.21. The number of hydrogen-bond acceptors (Lipinski definition) is 2. The van der Waals surface area contributed by atoms with Crippen molar-refractivity contribution >= 4 is 0 Å². The molecule has 0 aromatic carbocycles. The summed E-state index contributed by atoms with van der Waals surface area (Å²) >= 11 is 0. The average Bonchev–Trinajstić information content (AvgIpc) is 2.61. The molecule has 0 radical (unpaired) electrons. The molecule has 0 amide bonds. The Balaban J connectivity index is 2.49. The number of aromatic nitrogens is 2. The minimum absolute atomic E-state index is 0.139. The van der Waals surface area contributed by atoms with Crippen molar-refractivity contribution in [2.24, 2.45) is 0 Å². The Hall–Kier alpha value is -0.970. The minimum atomic E-state index is -2.38. The summed E-state index contributed by atoms with van der Waals surface area (Å²) in [6.07, 6.45) is 0.174. The van der Waals surface area contributed by atoms with Gasteiger partial charge in [-0.05, 0) is 19.4 Å². The number of nitrogens with zero attached hydrogens (tertiary/aromatic N) is 2. The van der Waals surface area contributed by atoms with Crippen molar-refractivity contribution in [3.63, 3.8) is 0 Å². The molecule has 86 valence electrons. The number of ether oxygens (including phenoxy) is 1. The smallest absolute Gasteiger partial charge is 0.257 e. The van der Waals surface area contributed by atoms with Crippen molar-refractivity contribution < 1.29 is 13.5 Å². The van der Waals surface area contributed by atoms with Gasteiger partial charge in [-0.15, -0.1) is 0 Å². The maximum Gasteiger partial charge on any atom is 0.257 e. The lowest BCUT2D eigenvalue weighted by Crippen LogP contribution is -2.14. The first-order valence-corrected chi connectivity index (χ1v) is 5.04. The second-order valence-electron chi connectivity index (χ2n) is 3.43. The lowest BCUT2D eigenvalue weighted by molar-refractivity contribution is 0.0439. The van der Waals surface area contributed by atoms with Gasteiger partial charge in [0.1, 0.15) is 6.54 Å². The molecule has 15 heavy (non-hydrogen) atoms. The van der Waals surface area contributed by atoms with Crippen LogP contribution in [0.15, 0.2) is 12.3 Å². The highest BCUT2D eigenvalue weighted by Crippen LogP contribution is 2.07. The van der Waals surface area contributed by atoms with Crippen LogP contribution in [0.5, 0.6) is 0 Å². The molecule has 0 spiro atoms. The largest absolute Gasteiger partial charge is 0.372 e. The van der Waals surface area contributed by atoms with Gasteiger partial charge in [0.05, 0.1) is 18.4 Å². The third-order valence-electron chi connectivity index (χ3n) is 2.21. The first-order chi connectivity index (χ1) is 7.13. The summed E-state index contributed by atoms with van der Waals surface area (Å²) in [5.41, 5.74) is 0.690. The van der Waals surface area contributed by atoms with Gasteiger partial charge in [-0.3, -0.25) is 4.68 Å². The van der Waals surface area contributed by atoms with Crippen LogP contribution in [-0.2, 0) is 17.9 Å². The van der Waals surface area contributed by atoms with Crippen LogP contribution in [0.3, 0.4) is 0 Å². The monoisotopic (exact) mass is 218 g/mol. The van der Waals surface area contributed by atoms with Gasteiger partial charge in [-0.25, -0.2) is 8.78 Å². The van der Waals surface area contributed by atoms with Gasteiger partial charge in [0.15, 0.2) is 0 Å². The molecule has 0 aliphatic carbocycles. The zero-order valence-corrected chi connectivity index (χ0v) is 8.99. The second kappa shape index (κ2) is 5.80. The van der Waals surface area contributed by atoms with Crippen LogP contribution in [0.25, 0.3) is 0 Å². The molecule has 0 aliphatic rings. The highest BCUT2D eigenvalue weighted by Gasteiger charge is 2.09. The molecular weight excluding hydrogens is 202 g/mol. The van der Waals surface area contributed by atoms with Gasteiger partial charge in [0.25, 0.3) is 6.43 Å². The van der Waals surface area contributed by atoms with Crippen LogP contribution >= 0.6 is 0 Å². The molecular formula is C10H16F2N2O. The molecule has 0 saturated heterocycles. The van der Waals surface area contributed by atoms with E-state index in [1.165, 1.54) is 10.9 Å². The van der Waals surface area contributed by atoms with Gasteiger partial charge in [-0.1, -0.05) is 6.92 Å². The summed E-state index contributed by atoms with van der Waals surface area (Å²) in [5.74, 6) is 0. The Labute approximate surface area is 88.0 Å². The molecule has 1 aromatic heterocycles. The van der Waals surface area contributed by atoms with Crippen LogP contribution in [0, 0.1) is 0 Å². The van der Waals surface area contributed by atoms with Gasteiger partial charge in [0.2, 0.25) is 0 Å². The van der Waals surface area contributed by atoms with E-state index in [0.717, 1.165) is 6.42 Å². The molecule has 0 N–H and O–H groups in total. The Morgan fingerprint density at radius 3 is 2.87 bits per heavy atom. The fourth-order valence-electron chi connectivity index (χ4n) is 1.12. The van der Waals surface area contributed by atoms with Crippen LogP contribution in [0.4, 0.5) is 8.78 Å². The zero-order valence-electron chi connectivity index (χ0n) is 8.99. The van der Waals surface area contributed by atoms with Crippen LogP contribution in [-0.4, -0.2) is 22.3 Å². The zero-order chi connectivity index (χ0) is 11.3. The number of rotatable bonds is 6. The van der Waals surface area contributed by atoms with Crippen LogP contribution < -0.4 is 0 Å². The van der Waals surface area contributed by atoms with Gasteiger partial charge >= 0.3 is 0 Å². The number of halogens is 2. The Morgan fingerprint density at radius 1 is 1.53 bits per heavy atom. The molecule has 1 heterocycles. The summed E-state index contributed by atoms with van der Waals surface area (Å²) in [7, 11) is 0. The van der Waals surface area contributed by atoms with E-state index in [-0.39, 0.29) is 12.6 Å². The summed E-state index contributed by atoms with van der Waals surface area (Å²) < 4.78 is 31.0. The number of alkyl halides is 2. The molecule has 1 atom stereocenters. The highest BCUT2D eigenvalue weighted by atomic mass is 19.3. The van der Waals surface area contributed by atoms with Gasteiger partial charge in [0, 0.05) is 6.20 Å².